The molecule has 1 aromatic rings. The molecule has 1 rings (SSSR count). The molecule has 0 aromatic carbocycles. The zero-order chi connectivity index (χ0) is 12.7. The van der Waals surface area contributed by atoms with Gasteiger partial charge in [-0.25, -0.2) is 0 Å². The highest BCUT2D eigenvalue weighted by atomic mass is 32.1. The Labute approximate surface area is 108 Å². The van der Waals surface area contributed by atoms with E-state index in [0.29, 0.717) is 19.3 Å². The van der Waals surface area contributed by atoms with Gasteiger partial charge in [-0.1, -0.05) is 26.8 Å². The summed E-state index contributed by atoms with van der Waals surface area (Å²) in [7, 11) is 0. The third-order valence-electron chi connectivity index (χ3n) is 2.52. The molecule has 0 aliphatic heterocycles. The number of hydrogen-bond acceptors (Lipinski definition) is 4. The van der Waals surface area contributed by atoms with Gasteiger partial charge in [-0.15, -0.1) is 11.3 Å². The van der Waals surface area contributed by atoms with E-state index in [0.717, 1.165) is 6.54 Å². The van der Waals surface area contributed by atoms with E-state index in [1.165, 1.54) is 4.88 Å². The summed E-state index contributed by atoms with van der Waals surface area (Å²) in [6, 6.07) is 4.60. The average molecular weight is 257 g/mol. The van der Waals surface area contributed by atoms with E-state index in [4.69, 9.17) is 9.84 Å². The standard InChI is InChI=1S/C13H23NO2S/c1-13(2,3)12(11-5-4-10-17-11)14-6-8-16-9-7-15/h4-5,10,12,14-15H,6-9H2,1-3H3. The fraction of sp³-hybridized carbons (Fsp3) is 0.692. The molecule has 3 nitrogen and oxygen atoms in total. The van der Waals surface area contributed by atoms with Crippen LogP contribution in [0.3, 0.4) is 0 Å². The molecule has 0 aliphatic carbocycles. The number of ether oxygens (including phenoxy) is 1. The second-order valence-electron chi connectivity index (χ2n) is 5.10. The van der Waals surface area contributed by atoms with E-state index in [1.807, 2.05) is 0 Å². The van der Waals surface area contributed by atoms with Crippen molar-refractivity contribution in [1.29, 1.82) is 0 Å². The summed E-state index contributed by atoms with van der Waals surface area (Å²) in [6.45, 7) is 8.66. The lowest BCUT2D eigenvalue weighted by molar-refractivity contribution is 0.0897. The molecule has 0 spiro atoms. The molecule has 0 saturated carbocycles. The van der Waals surface area contributed by atoms with Crippen LogP contribution in [0, 0.1) is 5.41 Å². The van der Waals surface area contributed by atoms with Crippen molar-refractivity contribution in [1.82, 2.24) is 5.32 Å². The minimum atomic E-state index is 0.0909. The van der Waals surface area contributed by atoms with E-state index in [1.54, 1.807) is 11.3 Å². The molecule has 98 valence electrons. The number of hydrogen-bond donors (Lipinski definition) is 2. The van der Waals surface area contributed by atoms with Gasteiger partial charge in [-0.3, -0.25) is 0 Å². The molecule has 0 fully saturated rings. The van der Waals surface area contributed by atoms with Gasteiger partial charge in [0.2, 0.25) is 0 Å². The Kier molecular flexibility index (Phi) is 6.12. The van der Waals surface area contributed by atoms with Gasteiger partial charge in [0.05, 0.1) is 19.8 Å². The topological polar surface area (TPSA) is 41.5 Å². The van der Waals surface area contributed by atoms with E-state index in [9.17, 15) is 0 Å². The van der Waals surface area contributed by atoms with Gasteiger partial charge in [0.25, 0.3) is 0 Å². The van der Waals surface area contributed by atoms with E-state index in [2.05, 4.69) is 43.6 Å². The largest absolute Gasteiger partial charge is 0.394 e. The second kappa shape index (κ2) is 7.11. The van der Waals surface area contributed by atoms with Crippen LogP contribution in [0.4, 0.5) is 0 Å². The lowest BCUT2D eigenvalue weighted by atomic mass is 9.86. The smallest absolute Gasteiger partial charge is 0.0698 e. The van der Waals surface area contributed by atoms with Gasteiger partial charge in [-0.05, 0) is 16.9 Å². The van der Waals surface area contributed by atoms with Crippen LogP contribution in [0.5, 0.6) is 0 Å². The normalized spacial score (nSPS) is 13.9. The van der Waals surface area contributed by atoms with Gasteiger partial charge in [-0.2, -0.15) is 0 Å². The first-order valence-corrected chi connectivity index (χ1v) is 6.89. The highest BCUT2D eigenvalue weighted by Crippen LogP contribution is 2.34. The maximum absolute atomic E-state index is 8.61. The minimum Gasteiger partial charge on any atom is -0.394 e. The summed E-state index contributed by atoms with van der Waals surface area (Å²) in [5.74, 6) is 0. The Morgan fingerprint density at radius 2 is 2.18 bits per heavy atom. The Balaban J connectivity index is 2.44. The number of aliphatic hydroxyl groups excluding tert-OH is 1. The fourth-order valence-corrected chi connectivity index (χ4v) is 2.78. The van der Waals surface area contributed by atoms with Crippen molar-refractivity contribution in [3.63, 3.8) is 0 Å². The molecular formula is C13H23NO2S. The van der Waals surface area contributed by atoms with Crippen molar-refractivity contribution >= 4 is 11.3 Å². The molecule has 0 saturated heterocycles. The van der Waals surface area contributed by atoms with Gasteiger partial charge in [0.1, 0.15) is 0 Å². The molecule has 0 aliphatic rings. The molecule has 1 aromatic heterocycles. The number of thiophene rings is 1. The molecule has 1 unspecified atom stereocenters. The van der Waals surface area contributed by atoms with Crippen LogP contribution >= 0.6 is 11.3 Å². The SMILES string of the molecule is CC(C)(C)C(NCCOCCO)c1cccs1. The van der Waals surface area contributed by atoms with Crippen molar-refractivity contribution in [2.45, 2.75) is 26.8 Å². The van der Waals surface area contributed by atoms with Crippen LogP contribution in [0.25, 0.3) is 0 Å². The molecule has 17 heavy (non-hydrogen) atoms. The Morgan fingerprint density at radius 1 is 1.41 bits per heavy atom. The molecule has 0 bridgehead atoms. The van der Waals surface area contributed by atoms with Gasteiger partial charge in [0, 0.05) is 17.5 Å². The highest BCUT2D eigenvalue weighted by Gasteiger charge is 2.26. The van der Waals surface area contributed by atoms with Crippen molar-refractivity contribution in [3.05, 3.63) is 22.4 Å². The molecular weight excluding hydrogens is 234 g/mol. The van der Waals surface area contributed by atoms with Crippen LogP contribution in [-0.2, 0) is 4.74 Å². The lowest BCUT2D eigenvalue weighted by Crippen LogP contribution is -2.34. The summed E-state index contributed by atoms with van der Waals surface area (Å²) < 4.78 is 5.25. The Morgan fingerprint density at radius 3 is 2.71 bits per heavy atom. The predicted molar refractivity (Wildman–Crippen MR) is 72.4 cm³/mol. The highest BCUT2D eigenvalue weighted by molar-refractivity contribution is 7.10. The molecule has 1 heterocycles. The van der Waals surface area contributed by atoms with Crippen molar-refractivity contribution in [2.24, 2.45) is 5.41 Å². The molecule has 2 N–H and O–H groups in total. The average Bonchev–Trinajstić information content (AvgIpc) is 2.74. The van der Waals surface area contributed by atoms with Gasteiger partial charge in [0.15, 0.2) is 0 Å². The first-order chi connectivity index (χ1) is 8.05. The van der Waals surface area contributed by atoms with Crippen molar-refractivity contribution in [3.8, 4) is 0 Å². The minimum absolute atomic E-state index is 0.0909. The third kappa shape index (κ3) is 5.17. The third-order valence-corrected chi connectivity index (χ3v) is 3.46. The van der Waals surface area contributed by atoms with Crippen molar-refractivity contribution < 1.29 is 9.84 Å². The van der Waals surface area contributed by atoms with Gasteiger partial charge < -0.3 is 15.2 Å². The van der Waals surface area contributed by atoms with Crippen LogP contribution in [0.15, 0.2) is 17.5 Å². The molecule has 1 atom stereocenters. The number of nitrogens with one attached hydrogen (secondary N) is 1. The van der Waals surface area contributed by atoms with E-state index >= 15 is 0 Å². The van der Waals surface area contributed by atoms with Crippen LogP contribution in [0.1, 0.15) is 31.7 Å². The summed E-state index contributed by atoms with van der Waals surface area (Å²) in [4.78, 5) is 1.36. The Bertz CT molecular complexity index is 293. The maximum Gasteiger partial charge on any atom is 0.0698 e. The Hall–Kier alpha value is -0.420. The summed E-state index contributed by atoms with van der Waals surface area (Å²) in [5, 5.41) is 14.2. The first kappa shape index (κ1) is 14.6. The maximum atomic E-state index is 8.61. The molecule has 0 radical (unpaired) electrons. The fourth-order valence-electron chi connectivity index (χ4n) is 1.73. The van der Waals surface area contributed by atoms with Gasteiger partial charge >= 0.3 is 0 Å². The molecule has 0 amide bonds. The van der Waals surface area contributed by atoms with Crippen molar-refractivity contribution in [2.75, 3.05) is 26.4 Å². The second-order valence-corrected chi connectivity index (χ2v) is 6.08. The quantitative estimate of drug-likeness (QED) is 0.737. The number of rotatable bonds is 7. The van der Waals surface area contributed by atoms with E-state index < -0.39 is 0 Å². The summed E-state index contributed by atoms with van der Waals surface area (Å²) in [5.41, 5.74) is 0.182. The van der Waals surface area contributed by atoms with E-state index in [-0.39, 0.29) is 12.0 Å². The monoisotopic (exact) mass is 257 g/mol. The molecule has 4 heteroatoms. The predicted octanol–water partition coefficient (Wildman–Crippen LogP) is 2.43. The first-order valence-electron chi connectivity index (χ1n) is 6.01. The van der Waals surface area contributed by atoms with Crippen LogP contribution in [-0.4, -0.2) is 31.5 Å². The zero-order valence-corrected chi connectivity index (χ0v) is 11.7. The van der Waals surface area contributed by atoms with Crippen LogP contribution < -0.4 is 5.32 Å². The zero-order valence-electron chi connectivity index (χ0n) is 10.9. The number of aliphatic hydroxyl groups is 1. The summed E-state index contributed by atoms with van der Waals surface area (Å²) in [6.07, 6.45) is 0. The van der Waals surface area contributed by atoms with Crippen LogP contribution in [0.2, 0.25) is 0 Å². The summed E-state index contributed by atoms with van der Waals surface area (Å²) >= 11 is 1.78. The lowest BCUT2D eigenvalue weighted by Gasteiger charge is -2.31.